The summed E-state index contributed by atoms with van der Waals surface area (Å²) in [4.78, 5) is 15.0. The number of carboxylic acids is 1. The number of carboxylic acid groups (broad SMARTS) is 1. The number of aromatic nitrogens is 1. The van der Waals surface area contributed by atoms with E-state index in [1.807, 2.05) is 0 Å². The van der Waals surface area contributed by atoms with Gasteiger partial charge >= 0.3 is 5.97 Å². The van der Waals surface area contributed by atoms with Gasteiger partial charge in [0.15, 0.2) is 5.58 Å². The van der Waals surface area contributed by atoms with E-state index in [0.29, 0.717) is 36.9 Å². The molecule has 7 heteroatoms. The van der Waals surface area contributed by atoms with Crippen molar-refractivity contribution in [2.45, 2.75) is 6.42 Å². The first-order chi connectivity index (χ1) is 9.70. The number of rotatable bonds is 8. The fraction of sp³-hybridized carbons (Fsp3) is 0.385. The molecule has 0 bridgehead atoms. The molecule has 0 spiro atoms. The Morgan fingerprint density at radius 1 is 1.40 bits per heavy atom. The van der Waals surface area contributed by atoms with Crippen LogP contribution in [0.15, 0.2) is 22.6 Å². The summed E-state index contributed by atoms with van der Waals surface area (Å²) in [6.07, 6.45) is 0.749. The van der Waals surface area contributed by atoms with E-state index in [1.165, 1.54) is 12.1 Å². The van der Waals surface area contributed by atoms with Crippen LogP contribution >= 0.6 is 0 Å². The van der Waals surface area contributed by atoms with Crippen LogP contribution in [0, 0.1) is 0 Å². The predicted octanol–water partition coefficient (Wildman–Crippen LogP) is 1.34. The summed E-state index contributed by atoms with van der Waals surface area (Å²) in [5, 5.41) is 20.4. The summed E-state index contributed by atoms with van der Waals surface area (Å²) in [6.45, 7) is 1.51. The van der Waals surface area contributed by atoms with Crippen LogP contribution in [0.3, 0.4) is 0 Å². The van der Waals surface area contributed by atoms with E-state index >= 15 is 0 Å². The summed E-state index contributed by atoms with van der Waals surface area (Å²) >= 11 is 0. The van der Waals surface area contributed by atoms with Gasteiger partial charge in [0.2, 0.25) is 0 Å². The number of hydrogen-bond acceptors (Lipinski definition) is 6. The minimum atomic E-state index is -1.00. The zero-order chi connectivity index (χ0) is 14.4. The lowest BCUT2D eigenvalue weighted by Crippen LogP contribution is -2.07. The smallest absolute Gasteiger partial charge is 0.335 e. The van der Waals surface area contributed by atoms with Gasteiger partial charge in [0.05, 0.1) is 18.8 Å². The SMILES string of the molecule is O=C(O)c1ccc2nc(NCCCOCCO)oc2c1. The summed E-state index contributed by atoms with van der Waals surface area (Å²) in [5.41, 5.74) is 1.20. The van der Waals surface area contributed by atoms with Crippen LogP contribution in [0.25, 0.3) is 11.1 Å². The Balaban J connectivity index is 1.89. The Morgan fingerprint density at radius 3 is 3.00 bits per heavy atom. The van der Waals surface area contributed by atoms with Crippen molar-refractivity contribution in [2.24, 2.45) is 0 Å². The molecule has 1 aromatic carbocycles. The highest BCUT2D eigenvalue weighted by Crippen LogP contribution is 2.20. The molecule has 0 saturated carbocycles. The second kappa shape index (κ2) is 6.88. The zero-order valence-electron chi connectivity index (χ0n) is 10.8. The summed E-state index contributed by atoms with van der Waals surface area (Å²) in [5.74, 6) is -1.00. The lowest BCUT2D eigenvalue weighted by atomic mass is 10.2. The standard InChI is InChI=1S/C13H16N2O5/c16-5-7-19-6-1-4-14-13-15-10-3-2-9(12(17)18)8-11(10)20-13/h2-3,8,16H,1,4-7H2,(H,14,15)(H,17,18). The third-order valence-corrected chi connectivity index (χ3v) is 2.61. The number of aliphatic hydroxyl groups excluding tert-OH is 1. The average molecular weight is 280 g/mol. The van der Waals surface area contributed by atoms with E-state index in [4.69, 9.17) is 19.4 Å². The molecule has 2 aromatic rings. The van der Waals surface area contributed by atoms with E-state index in [0.717, 1.165) is 6.42 Å². The zero-order valence-corrected chi connectivity index (χ0v) is 10.8. The monoisotopic (exact) mass is 280 g/mol. The lowest BCUT2D eigenvalue weighted by Gasteiger charge is -2.02. The van der Waals surface area contributed by atoms with Crippen molar-refractivity contribution in [3.05, 3.63) is 23.8 Å². The maximum absolute atomic E-state index is 10.8. The van der Waals surface area contributed by atoms with Crippen molar-refractivity contribution in [3.63, 3.8) is 0 Å². The van der Waals surface area contributed by atoms with Gasteiger partial charge in [0.25, 0.3) is 6.01 Å². The molecule has 0 aliphatic rings. The largest absolute Gasteiger partial charge is 0.478 e. The van der Waals surface area contributed by atoms with E-state index in [2.05, 4.69) is 10.3 Å². The molecular formula is C13H16N2O5. The van der Waals surface area contributed by atoms with E-state index < -0.39 is 5.97 Å². The van der Waals surface area contributed by atoms with E-state index in [1.54, 1.807) is 6.07 Å². The number of nitrogens with one attached hydrogen (secondary N) is 1. The average Bonchev–Trinajstić information content (AvgIpc) is 2.84. The van der Waals surface area contributed by atoms with Crippen LogP contribution in [-0.2, 0) is 4.74 Å². The van der Waals surface area contributed by atoms with Gasteiger partial charge in [-0.1, -0.05) is 0 Å². The van der Waals surface area contributed by atoms with Gasteiger partial charge in [0, 0.05) is 13.2 Å². The highest BCUT2D eigenvalue weighted by atomic mass is 16.5. The van der Waals surface area contributed by atoms with Crippen LogP contribution in [0.4, 0.5) is 6.01 Å². The maximum Gasteiger partial charge on any atom is 0.335 e. The van der Waals surface area contributed by atoms with Crippen molar-refractivity contribution in [1.82, 2.24) is 4.98 Å². The van der Waals surface area contributed by atoms with Crippen molar-refractivity contribution >= 4 is 23.1 Å². The molecule has 20 heavy (non-hydrogen) atoms. The van der Waals surface area contributed by atoms with Gasteiger partial charge in [-0.3, -0.25) is 0 Å². The molecule has 7 nitrogen and oxygen atoms in total. The Morgan fingerprint density at radius 2 is 2.25 bits per heavy atom. The van der Waals surface area contributed by atoms with Crippen LogP contribution < -0.4 is 5.32 Å². The van der Waals surface area contributed by atoms with Crippen LogP contribution in [0.2, 0.25) is 0 Å². The predicted molar refractivity (Wildman–Crippen MR) is 72.0 cm³/mol. The Kier molecular flexibility index (Phi) is 4.91. The molecule has 0 unspecified atom stereocenters. The van der Waals surface area contributed by atoms with Crippen LogP contribution in [-0.4, -0.2) is 47.5 Å². The third-order valence-electron chi connectivity index (χ3n) is 2.61. The van der Waals surface area contributed by atoms with E-state index in [-0.39, 0.29) is 12.2 Å². The molecule has 1 aromatic heterocycles. The van der Waals surface area contributed by atoms with E-state index in [9.17, 15) is 4.79 Å². The number of aromatic carboxylic acids is 1. The minimum absolute atomic E-state index is 0.0183. The Bertz CT molecular complexity index is 581. The first kappa shape index (κ1) is 14.3. The quantitative estimate of drug-likeness (QED) is 0.626. The molecule has 0 saturated heterocycles. The molecule has 2 rings (SSSR count). The number of nitrogens with zero attached hydrogens (tertiary/aromatic N) is 1. The number of benzene rings is 1. The van der Waals surface area contributed by atoms with Gasteiger partial charge in [-0.05, 0) is 24.6 Å². The molecule has 108 valence electrons. The number of carbonyl (C=O) groups is 1. The fourth-order valence-corrected chi connectivity index (χ4v) is 1.67. The molecule has 3 N–H and O–H groups in total. The molecule has 0 fully saturated rings. The molecular weight excluding hydrogens is 264 g/mol. The fourth-order valence-electron chi connectivity index (χ4n) is 1.67. The summed E-state index contributed by atoms with van der Waals surface area (Å²) in [6, 6.07) is 4.89. The van der Waals surface area contributed by atoms with Crippen molar-refractivity contribution in [1.29, 1.82) is 0 Å². The third kappa shape index (κ3) is 3.69. The molecule has 0 aliphatic carbocycles. The highest BCUT2D eigenvalue weighted by Gasteiger charge is 2.09. The van der Waals surface area contributed by atoms with Gasteiger partial charge in [-0.25, -0.2) is 4.79 Å². The molecule has 0 radical (unpaired) electrons. The van der Waals surface area contributed by atoms with Crippen LogP contribution in [0.1, 0.15) is 16.8 Å². The van der Waals surface area contributed by atoms with Crippen molar-refractivity contribution in [2.75, 3.05) is 31.7 Å². The van der Waals surface area contributed by atoms with Crippen molar-refractivity contribution in [3.8, 4) is 0 Å². The Labute approximate surface area is 115 Å². The minimum Gasteiger partial charge on any atom is -0.478 e. The number of anilines is 1. The number of ether oxygens (including phenoxy) is 1. The number of oxazole rings is 1. The maximum atomic E-state index is 10.8. The van der Waals surface area contributed by atoms with Gasteiger partial charge in [0.1, 0.15) is 5.52 Å². The second-order valence-corrected chi connectivity index (χ2v) is 4.12. The lowest BCUT2D eigenvalue weighted by molar-refractivity contribution is 0.0697. The molecule has 1 heterocycles. The first-order valence-corrected chi connectivity index (χ1v) is 6.27. The van der Waals surface area contributed by atoms with Gasteiger partial charge in [-0.15, -0.1) is 0 Å². The number of aliphatic hydroxyl groups is 1. The molecule has 0 aliphatic heterocycles. The topological polar surface area (TPSA) is 105 Å². The van der Waals surface area contributed by atoms with Gasteiger partial charge < -0.3 is 24.7 Å². The molecule has 0 atom stereocenters. The normalized spacial score (nSPS) is 10.8. The highest BCUT2D eigenvalue weighted by molar-refractivity contribution is 5.92. The summed E-state index contributed by atoms with van der Waals surface area (Å²) < 4.78 is 10.5. The van der Waals surface area contributed by atoms with Crippen LogP contribution in [0.5, 0.6) is 0 Å². The van der Waals surface area contributed by atoms with Crippen molar-refractivity contribution < 1.29 is 24.2 Å². The Hall–Kier alpha value is -2.12. The van der Waals surface area contributed by atoms with Gasteiger partial charge in [-0.2, -0.15) is 4.98 Å². The number of hydrogen-bond donors (Lipinski definition) is 3. The second-order valence-electron chi connectivity index (χ2n) is 4.12. The molecule has 0 amide bonds. The first-order valence-electron chi connectivity index (χ1n) is 6.27. The number of fused-ring (bicyclic) bond motifs is 1. The summed E-state index contributed by atoms with van der Waals surface area (Å²) in [7, 11) is 0.